The molecule has 0 rings (SSSR count). The molecule has 17 heavy (non-hydrogen) atoms. The van der Waals surface area contributed by atoms with Crippen LogP contribution in [0.4, 0.5) is 0 Å². The summed E-state index contributed by atoms with van der Waals surface area (Å²) in [6.45, 7) is 5.48. The van der Waals surface area contributed by atoms with Crippen molar-refractivity contribution in [2.45, 2.75) is 25.9 Å². The smallest absolute Gasteiger partial charge is 0.331 e. The van der Waals surface area contributed by atoms with Gasteiger partial charge in [-0.25, -0.2) is 0 Å². The third-order valence-corrected chi connectivity index (χ3v) is 7.20. The van der Waals surface area contributed by atoms with E-state index in [4.69, 9.17) is 8.85 Å². The molecule has 0 aromatic rings. The Kier molecular flexibility index (Phi) is 11.3. The summed E-state index contributed by atoms with van der Waals surface area (Å²) in [6, 6.07) is 0. The zero-order valence-corrected chi connectivity index (χ0v) is 17.2. The molecular formula is C10H16Br4O2Si. The van der Waals surface area contributed by atoms with Crippen LogP contribution in [0.2, 0.25) is 13.1 Å². The van der Waals surface area contributed by atoms with E-state index in [1.165, 1.54) is 0 Å². The third kappa shape index (κ3) is 11.1. The minimum atomic E-state index is -1.99. The first-order chi connectivity index (χ1) is 7.91. The van der Waals surface area contributed by atoms with Crippen LogP contribution in [0, 0.1) is 0 Å². The molecule has 0 heterocycles. The third-order valence-electron chi connectivity index (χ3n) is 1.82. The molecule has 0 aromatic carbocycles. The highest BCUT2D eigenvalue weighted by molar-refractivity contribution is 9.14. The number of hydrogen-bond donors (Lipinski definition) is 0. The van der Waals surface area contributed by atoms with Crippen LogP contribution in [0.25, 0.3) is 0 Å². The van der Waals surface area contributed by atoms with Gasteiger partial charge in [-0.3, -0.25) is 0 Å². The fourth-order valence-electron chi connectivity index (χ4n) is 0.939. The Bertz CT molecular complexity index is 253. The van der Waals surface area contributed by atoms with Crippen molar-refractivity contribution in [3.05, 3.63) is 18.9 Å². The van der Waals surface area contributed by atoms with Crippen molar-refractivity contribution >= 4 is 72.3 Å². The van der Waals surface area contributed by atoms with E-state index in [1.54, 1.807) is 0 Å². The average molecular weight is 516 g/mol. The largest absolute Gasteiger partial charge is 0.394 e. The highest BCUT2D eigenvalue weighted by atomic mass is 79.9. The van der Waals surface area contributed by atoms with Crippen molar-refractivity contribution in [3.8, 4) is 0 Å². The zero-order chi connectivity index (χ0) is 13.3. The Labute approximate surface area is 138 Å². The molecule has 2 nitrogen and oxygen atoms in total. The summed E-state index contributed by atoms with van der Waals surface area (Å²) < 4.78 is 13.8. The first-order valence-electron chi connectivity index (χ1n) is 5.08. The molecule has 7 heteroatoms. The summed E-state index contributed by atoms with van der Waals surface area (Å²) in [5, 5.41) is 0. The highest BCUT2D eigenvalue weighted by Gasteiger charge is 2.24. The SMILES string of the molecule is C[Si](C)(OCCC(Br)=CBr)OCCC(Br)=CBr. The molecule has 0 saturated carbocycles. The molecule has 0 amide bonds. The molecule has 0 spiro atoms. The van der Waals surface area contributed by atoms with Crippen LogP contribution in [0.1, 0.15) is 12.8 Å². The average Bonchev–Trinajstić information content (AvgIpc) is 2.27. The van der Waals surface area contributed by atoms with Crippen molar-refractivity contribution in [1.29, 1.82) is 0 Å². The Morgan fingerprint density at radius 1 is 0.941 bits per heavy atom. The summed E-state index contributed by atoms with van der Waals surface area (Å²) in [6.07, 6.45) is 1.71. The van der Waals surface area contributed by atoms with Crippen molar-refractivity contribution in [1.82, 2.24) is 0 Å². The van der Waals surface area contributed by atoms with E-state index < -0.39 is 8.56 Å². The standard InChI is InChI=1S/C10H16Br4O2Si/c1-17(2,15-5-3-9(13)7-11)16-6-4-10(14)8-12/h7-8H,3-6H2,1-2H3. The quantitative estimate of drug-likeness (QED) is 0.382. The van der Waals surface area contributed by atoms with Crippen LogP contribution in [0.15, 0.2) is 18.9 Å². The van der Waals surface area contributed by atoms with Gasteiger partial charge in [-0.1, -0.05) is 63.7 Å². The van der Waals surface area contributed by atoms with Crippen LogP contribution in [0.3, 0.4) is 0 Å². The lowest BCUT2D eigenvalue weighted by atomic mass is 10.5. The van der Waals surface area contributed by atoms with Crippen LogP contribution >= 0.6 is 63.7 Å². The molecule has 0 atom stereocenters. The van der Waals surface area contributed by atoms with Gasteiger partial charge in [-0.15, -0.1) is 0 Å². The summed E-state index contributed by atoms with van der Waals surface area (Å²) in [4.78, 5) is 3.70. The predicted octanol–water partition coefficient (Wildman–Crippen LogP) is 5.76. The van der Waals surface area contributed by atoms with Gasteiger partial charge in [0.25, 0.3) is 0 Å². The first-order valence-corrected chi connectivity index (χ1v) is 11.3. The van der Waals surface area contributed by atoms with Gasteiger partial charge in [-0.05, 0) is 23.1 Å². The van der Waals surface area contributed by atoms with Crippen LogP contribution in [-0.4, -0.2) is 21.8 Å². The van der Waals surface area contributed by atoms with E-state index in [-0.39, 0.29) is 0 Å². The molecular weight excluding hydrogens is 500 g/mol. The number of hydrogen-bond acceptors (Lipinski definition) is 2. The van der Waals surface area contributed by atoms with Crippen molar-refractivity contribution in [3.63, 3.8) is 0 Å². The van der Waals surface area contributed by atoms with Crippen LogP contribution < -0.4 is 0 Å². The van der Waals surface area contributed by atoms with Crippen LogP contribution in [-0.2, 0) is 8.85 Å². The number of halogens is 4. The second-order valence-corrected chi connectivity index (χ2v) is 10.0. The normalized spacial score (nSPS) is 14.2. The molecule has 0 aliphatic rings. The molecule has 0 aromatic heterocycles. The maximum absolute atomic E-state index is 5.80. The van der Waals surface area contributed by atoms with Gasteiger partial charge in [0.05, 0.1) is 0 Å². The first kappa shape index (κ1) is 18.5. The van der Waals surface area contributed by atoms with Gasteiger partial charge < -0.3 is 8.85 Å². The molecule has 0 saturated heterocycles. The molecule has 0 radical (unpaired) electrons. The highest BCUT2D eigenvalue weighted by Crippen LogP contribution is 2.17. The summed E-state index contributed by atoms with van der Waals surface area (Å²) in [7, 11) is -1.99. The summed E-state index contributed by atoms with van der Waals surface area (Å²) in [5.74, 6) is 0. The van der Waals surface area contributed by atoms with Crippen molar-refractivity contribution in [2.75, 3.05) is 13.2 Å². The lowest BCUT2D eigenvalue weighted by Crippen LogP contribution is -2.35. The lowest BCUT2D eigenvalue weighted by molar-refractivity contribution is 0.184. The Balaban J connectivity index is 3.80. The van der Waals surface area contributed by atoms with E-state index in [1.807, 2.05) is 9.97 Å². The molecule has 0 N–H and O–H groups in total. The summed E-state index contributed by atoms with van der Waals surface area (Å²) >= 11 is 13.4. The molecule has 0 unspecified atom stereocenters. The van der Waals surface area contributed by atoms with Gasteiger partial charge in [0, 0.05) is 35.0 Å². The molecule has 0 bridgehead atoms. The van der Waals surface area contributed by atoms with Crippen LogP contribution in [0.5, 0.6) is 0 Å². The Hall–Kier alpha value is 1.54. The maximum atomic E-state index is 5.80. The Morgan fingerprint density at radius 3 is 1.59 bits per heavy atom. The topological polar surface area (TPSA) is 18.5 Å². The lowest BCUT2D eigenvalue weighted by Gasteiger charge is -2.22. The number of rotatable bonds is 8. The predicted molar refractivity (Wildman–Crippen MR) is 90.5 cm³/mol. The second-order valence-electron chi connectivity index (χ2n) is 3.71. The van der Waals surface area contributed by atoms with E-state index in [2.05, 4.69) is 76.8 Å². The maximum Gasteiger partial charge on any atom is 0.331 e. The minimum absolute atomic E-state index is 0.678. The van der Waals surface area contributed by atoms with E-state index in [0.29, 0.717) is 13.2 Å². The second kappa shape index (κ2) is 10.3. The van der Waals surface area contributed by atoms with Gasteiger partial charge in [-0.2, -0.15) is 0 Å². The fraction of sp³-hybridized carbons (Fsp3) is 0.600. The fourth-order valence-corrected chi connectivity index (χ4v) is 2.99. The van der Waals surface area contributed by atoms with Crippen molar-refractivity contribution < 1.29 is 8.85 Å². The van der Waals surface area contributed by atoms with E-state index >= 15 is 0 Å². The van der Waals surface area contributed by atoms with E-state index in [0.717, 1.165) is 21.8 Å². The van der Waals surface area contributed by atoms with Gasteiger partial charge >= 0.3 is 8.56 Å². The molecule has 0 aliphatic heterocycles. The molecule has 100 valence electrons. The monoisotopic (exact) mass is 512 g/mol. The van der Waals surface area contributed by atoms with E-state index in [9.17, 15) is 0 Å². The van der Waals surface area contributed by atoms with Gasteiger partial charge in [0.2, 0.25) is 0 Å². The van der Waals surface area contributed by atoms with Crippen molar-refractivity contribution in [2.24, 2.45) is 0 Å². The van der Waals surface area contributed by atoms with Gasteiger partial charge in [0.15, 0.2) is 0 Å². The summed E-state index contributed by atoms with van der Waals surface area (Å²) in [5.41, 5.74) is 0. The zero-order valence-electron chi connectivity index (χ0n) is 9.81. The Morgan fingerprint density at radius 2 is 1.29 bits per heavy atom. The minimum Gasteiger partial charge on any atom is -0.394 e. The van der Waals surface area contributed by atoms with Gasteiger partial charge in [0.1, 0.15) is 0 Å². The molecule has 0 aliphatic carbocycles. The molecule has 0 fully saturated rings.